The van der Waals surface area contributed by atoms with Crippen LogP contribution in [0.2, 0.25) is 0 Å². The van der Waals surface area contributed by atoms with Crippen LogP contribution in [0.4, 0.5) is 0 Å². The van der Waals surface area contributed by atoms with Crippen molar-refractivity contribution < 1.29 is 4.74 Å². The molecule has 2 nitrogen and oxygen atoms in total. The molecule has 12 heavy (non-hydrogen) atoms. The fourth-order valence-electron chi connectivity index (χ4n) is 0.962. The van der Waals surface area contributed by atoms with E-state index in [2.05, 4.69) is 25.8 Å². The average Bonchev–Trinajstić information content (AvgIpc) is 2.03. The Balaban J connectivity index is 0. The van der Waals surface area contributed by atoms with Gasteiger partial charge in [-0.25, -0.2) is 0 Å². The Morgan fingerprint density at radius 3 is 2.08 bits per heavy atom. The Hall–Kier alpha value is -0.0800. The molecular weight excluding hydrogens is 150 g/mol. The van der Waals surface area contributed by atoms with Crippen molar-refractivity contribution in [1.29, 1.82) is 0 Å². The number of likely N-dealkylation sites (N-methyl/N-ethyl adjacent to an activating group) is 1. The Kier molecular flexibility index (Phi) is 13.1. The Labute approximate surface area is 77.9 Å². The molecule has 0 aromatic heterocycles. The van der Waals surface area contributed by atoms with E-state index in [1.165, 1.54) is 0 Å². The summed E-state index contributed by atoms with van der Waals surface area (Å²) in [5.41, 5.74) is 0. The van der Waals surface area contributed by atoms with Gasteiger partial charge in [0.15, 0.2) is 0 Å². The number of methoxy groups -OCH3 is 1. The third kappa shape index (κ3) is 12.6. The molecule has 0 atom stereocenters. The zero-order valence-electron chi connectivity index (χ0n) is 9.55. The van der Waals surface area contributed by atoms with Gasteiger partial charge in [-0.3, -0.25) is 0 Å². The summed E-state index contributed by atoms with van der Waals surface area (Å²) in [5.74, 6) is 0.752. The van der Waals surface area contributed by atoms with E-state index in [4.69, 9.17) is 4.74 Å². The van der Waals surface area contributed by atoms with E-state index in [0.29, 0.717) is 0 Å². The summed E-state index contributed by atoms with van der Waals surface area (Å²) in [6, 6.07) is 0. The molecule has 2 heteroatoms. The van der Waals surface area contributed by atoms with Crippen molar-refractivity contribution in [2.45, 2.75) is 27.7 Å². The minimum Gasteiger partial charge on any atom is -0.383 e. The molecule has 0 unspecified atom stereocenters. The van der Waals surface area contributed by atoms with Crippen LogP contribution < -0.4 is 0 Å². The summed E-state index contributed by atoms with van der Waals surface area (Å²) < 4.78 is 4.95. The fraction of sp³-hybridized carbons (Fsp3) is 1.00. The summed E-state index contributed by atoms with van der Waals surface area (Å²) in [4.78, 5) is 2.29. The van der Waals surface area contributed by atoms with Gasteiger partial charge in [-0.15, -0.1) is 0 Å². The normalized spacial score (nSPS) is 10.0. The van der Waals surface area contributed by atoms with Gasteiger partial charge in [0.2, 0.25) is 0 Å². The van der Waals surface area contributed by atoms with Crippen LogP contribution in [0.3, 0.4) is 0 Å². The van der Waals surface area contributed by atoms with Crippen molar-refractivity contribution in [3.63, 3.8) is 0 Å². The first kappa shape index (κ1) is 14.4. The van der Waals surface area contributed by atoms with Gasteiger partial charge >= 0.3 is 0 Å². The highest BCUT2D eigenvalue weighted by molar-refractivity contribution is 4.52. The summed E-state index contributed by atoms with van der Waals surface area (Å²) in [5, 5.41) is 0. The predicted octanol–water partition coefficient (Wildman–Crippen LogP) is 2.25. The minimum absolute atomic E-state index is 0.752. The number of rotatable bonds is 5. The maximum absolute atomic E-state index is 4.95. The van der Waals surface area contributed by atoms with Crippen molar-refractivity contribution in [3.05, 3.63) is 0 Å². The van der Waals surface area contributed by atoms with Gasteiger partial charge in [-0.05, 0) is 13.0 Å². The first-order valence-corrected chi connectivity index (χ1v) is 4.84. The lowest BCUT2D eigenvalue weighted by Gasteiger charge is -2.17. The molecule has 0 aliphatic carbocycles. The molecule has 0 rings (SSSR count). The molecule has 0 bridgehead atoms. The maximum atomic E-state index is 4.95. The number of ether oxygens (including phenoxy) is 1. The number of hydrogen-bond donors (Lipinski definition) is 0. The molecular formula is C10H25NO. The van der Waals surface area contributed by atoms with Gasteiger partial charge in [-0.2, -0.15) is 0 Å². The SMILES string of the molecule is CC.COCCN(C)CC(C)C. The largest absolute Gasteiger partial charge is 0.383 e. The molecule has 0 aromatic rings. The van der Waals surface area contributed by atoms with Crippen LogP contribution in [0.1, 0.15) is 27.7 Å². The van der Waals surface area contributed by atoms with Gasteiger partial charge in [0.25, 0.3) is 0 Å². The smallest absolute Gasteiger partial charge is 0.0589 e. The van der Waals surface area contributed by atoms with Gasteiger partial charge in [0, 0.05) is 20.2 Å². The van der Waals surface area contributed by atoms with E-state index in [0.717, 1.165) is 25.6 Å². The zero-order valence-corrected chi connectivity index (χ0v) is 9.55. The molecule has 0 N–H and O–H groups in total. The van der Waals surface area contributed by atoms with E-state index in [1.807, 2.05) is 13.8 Å². The van der Waals surface area contributed by atoms with Crippen molar-refractivity contribution in [1.82, 2.24) is 4.90 Å². The second kappa shape index (κ2) is 10.9. The van der Waals surface area contributed by atoms with Crippen molar-refractivity contribution >= 4 is 0 Å². The lowest BCUT2D eigenvalue weighted by molar-refractivity contribution is 0.155. The molecule has 0 radical (unpaired) electrons. The van der Waals surface area contributed by atoms with Crippen LogP contribution in [0.15, 0.2) is 0 Å². The first-order chi connectivity index (χ1) is 5.66. The summed E-state index contributed by atoms with van der Waals surface area (Å²) in [7, 11) is 3.86. The average molecular weight is 175 g/mol. The van der Waals surface area contributed by atoms with Gasteiger partial charge in [-0.1, -0.05) is 27.7 Å². The Morgan fingerprint density at radius 1 is 1.25 bits per heavy atom. The van der Waals surface area contributed by atoms with E-state index in [1.54, 1.807) is 7.11 Å². The van der Waals surface area contributed by atoms with Gasteiger partial charge < -0.3 is 9.64 Å². The third-order valence-corrected chi connectivity index (χ3v) is 1.35. The standard InChI is InChI=1S/C8H19NO.C2H6/c1-8(2)7-9(3)5-6-10-4;1-2/h8H,5-7H2,1-4H3;1-2H3. The predicted molar refractivity (Wildman–Crippen MR) is 55.6 cm³/mol. The first-order valence-electron chi connectivity index (χ1n) is 4.84. The fourth-order valence-corrected chi connectivity index (χ4v) is 0.962. The van der Waals surface area contributed by atoms with Crippen LogP contribution in [0, 0.1) is 5.92 Å². The lowest BCUT2D eigenvalue weighted by atomic mass is 10.2. The summed E-state index contributed by atoms with van der Waals surface area (Å²) in [6.07, 6.45) is 0. The molecule has 0 saturated heterocycles. The van der Waals surface area contributed by atoms with Crippen LogP contribution in [0.25, 0.3) is 0 Å². The lowest BCUT2D eigenvalue weighted by Crippen LogP contribution is -2.26. The maximum Gasteiger partial charge on any atom is 0.0589 e. The zero-order chi connectivity index (χ0) is 9.98. The van der Waals surface area contributed by atoms with Crippen LogP contribution in [0.5, 0.6) is 0 Å². The highest BCUT2D eigenvalue weighted by Gasteiger charge is 1.99. The quantitative estimate of drug-likeness (QED) is 0.635. The van der Waals surface area contributed by atoms with Crippen LogP contribution in [-0.4, -0.2) is 38.8 Å². The summed E-state index contributed by atoms with van der Waals surface area (Å²) in [6.45, 7) is 11.5. The van der Waals surface area contributed by atoms with Gasteiger partial charge in [0.1, 0.15) is 0 Å². The minimum atomic E-state index is 0.752. The monoisotopic (exact) mass is 175 g/mol. The Bertz CT molecular complexity index is 74.2. The van der Waals surface area contributed by atoms with Gasteiger partial charge in [0.05, 0.1) is 6.61 Å². The molecule has 0 aliphatic rings. The van der Waals surface area contributed by atoms with E-state index in [9.17, 15) is 0 Å². The topological polar surface area (TPSA) is 12.5 Å². The molecule has 0 spiro atoms. The molecule has 0 heterocycles. The second-order valence-corrected chi connectivity index (χ2v) is 3.15. The highest BCUT2D eigenvalue weighted by Crippen LogP contribution is 1.94. The molecule has 0 aliphatic heterocycles. The van der Waals surface area contributed by atoms with Crippen molar-refractivity contribution in [2.75, 3.05) is 33.9 Å². The Morgan fingerprint density at radius 2 is 1.75 bits per heavy atom. The van der Waals surface area contributed by atoms with E-state index < -0.39 is 0 Å². The highest BCUT2D eigenvalue weighted by atomic mass is 16.5. The van der Waals surface area contributed by atoms with Crippen molar-refractivity contribution in [3.8, 4) is 0 Å². The number of hydrogen-bond acceptors (Lipinski definition) is 2. The van der Waals surface area contributed by atoms with E-state index in [-0.39, 0.29) is 0 Å². The summed E-state index contributed by atoms with van der Waals surface area (Å²) >= 11 is 0. The second-order valence-electron chi connectivity index (χ2n) is 3.15. The van der Waals surface area contributed by atoms with E-state index >= 15 is 0 Å². The molecule has 0 aromatic carbocycles. The molecule has 0 amide bonds. The van der Waals surface area contributed by atoms with Crippen LogP contribution in [-0.2, 0) is 4.74 Å². The molecule has 0 saturated carbocycles. The third-order valence-electron chi connectivity index (χ3n) is 1.35. The number of nitrogens with zero attached hydrogens (tertiary/aromatic N) is 1. The molecule has 76 valence electrons. The van der Waals surface area contributed by atoms with Crippen molar-refractivity contribution in [2.24, 2.45) is 5.92 Å². The molecule has 0 fully saturated rings. The van der Waals surface area contributed by atoms with Crippen LogP contribution >= 0.6 is 0 Å².